The highest BCUT2D eigenvalue weighted by Crippen LogP contribution is 2.23. The molecule has 1 rings (SSSR count). The number of carbonyl (C=O) groups is 1. The Bertz CT molecular complexity index is 145. The zero-order valence-electron chi connectivity index (χ0n) is 7.14. The lowest BCUT2D eigenvalue weighted by atomic mass is 9.84. The lowest BCUT2D eigenvalue weighted by Gasteiger charge is -2.18. The van der Waals surface area contributed by atoms with Gasteiger partial charge >= 0.3 is 0 Å². The summed E-state index contributed by atoms with van der Waals surface area (Å²) in [5.41, 5.74) is -0.0799. The van der Waals surface area contributed by atoms with Crippen LogP contribution in [0.25, 0.3) is 0 Å². The Morgan fingerprint density at radius 2 is 2.00 bits per heavy atom. The van der Waals surface area contributed by atoms with Gasteiger partial charge in [-0.25, -0.2) is 0 Å². The van der Waals surface area contributed by atoms with Crippen LogP contribution >= 0.6 is 12.4 Å². The molecule has 1 aliphatic rings. The Morgan fingerprint density at radius 3 is 2.64 bits per heavy atom. The van der Waals surface area contributed by atoms with E-state index in [0.29, 0.717) is 12.2 Å². The molecule has 11 heavy (non-hydrogen) atoms. The molecule has 1 aliphatic heterocycles. The Labute approximate surface area is 74.2 Å². The monoisotopic (exact) mass is 177 g/mol. The van der Waals surface area contributed by atoms with E-state index in [1.54, 1.807) is 0 Å². The molecule has 3 heteroatoms. The van der Waals surface area contributed by atoms with Crippen LogP contribution in [0.5, 0.6) is 0 Å². The van der Waals surface area contributed by atoms with Gasteiger partial charge in [0.25, 0.3) is 0 Å². The molecule has 0 bridgehead atoms. The molecule has 0 aromatic heterocycles. The van der Waals surface area contributed by atoms with Gasteiger partial charge in [-0.3, -0.25) is 4.79 Å². The van der Waals surface area contributed by atoms with Crippen molar-refractivity contribution in [3.8, 4) is 0 Å². The highest BCUT2D eigenvalue weighted by atomic mass is 35.5. The van der Waals surface area contributed by atoms with E-state index >= 15 is 0 Å². The third-order valence-electron chi connectivity index (χ3n) is 2.21. The molecule has 1 saturated heterocycles. The smallest absolute Gasteiger partial charge is 0.139 e. The van der Waals surface area contributed by atoms with Crippen LogP contribution in [-0.4, -0.2) is 18.9 Å². The maximum absolute atomic E-state index is 11.3. The molecule has 1 N–H and O–H groups in total. The van der Waals surface area contributed by atoms with Crippen molar-refractivity contribution in [1.82, 2.24) is 5.32 Å². The normalized spacial score (nSPS) is 23.6. The van der Waals surface area contributed by atoms with Crippen molar-refractivity contribution in [1.29, 1.82) is 0 Å². The van der Waals surface area contributed by atoms with E-state index in [-0.39, 0.29) is 17.8 Å². The first-order chi connectivity index (χ1) is 4.63. The molecular formula is C8H16ClNO. The summed E-state index contributed by atoms with van der Waals surface area (Å²) < 4.78 is 0. The second kappa shape index (κ2) is 4.07. The van der Waals surface area contributed by atoms with Crippen LogP contribution in [-0.2, 0) is 4.79 Å². The zero-order chi connectivity index (χ0) is 7.61. The second-order valence-corrected chi connectivity index (χ2v) is 3.56. The van der Waals surface area contributed by atoms with Gasteiger partial charge in [-0.1, -0.05) is 13.8 Å². The maximum Gasteiger partial charge on any atom is 0.139 e. The molecule has 0 unspecified atom stereocenters. The van der Waals surface area contributed by atoms with Crippen molar-refractivity contribution in [2.75, 3.05) is 13.1 Å². The van der Waals surface area contributed by atoms with Crippen molar-refractivity contribution >= 4 is 18.2 Å². The largest absolute Gasteiger partial charge is 0.316 e. The standard InChI is InChI=1S/C8H15NO.ClH/c1-8(2)4-6-9-5-3-7(8)10;/h9H,3-6H2,1-2H3;1H. The van der Waals surface area contributed by atoms with Gasteiger partial charge in [0.2, 0.25) is 0 Å². The van der Waals surface area contributed by atoms with Gasteiger partial charge in [-0.2, -0.15) is 0 Å². The molecule has 0 aromatic carbocycles. The van der Waals surface area contributed by atoms with E-state index < -0.39 is 0 Å². The summed E-state index contributed by atoms with van der Waals surface area (Å²) in [5, 5.41) is 3.21. The Kier molecular flexibility index (Phi) is 4.04. The van der Waals surface area contributed by atoms with Crippen LogP contribution < -0.4 is 5.32 Å². The minimum Gasteiger partial charge on any atom is -0.316 e. The Morgan fingerprint density at radius 1 is 1.36 bits per heavy atom. The molecule has 2 nitrogen and oxygen atoms in total. The van der Waals surface area contributed by atoms with E-state index in [1.165, 1.54) is 0 Å². The summed E-state index contributed by atoms with van der Waals surface area (Å²) >= 11 is 0. The van der Waals surface area contributed by atoms with E-state index in [9.17, 15) is 4.79 Å². The predicted molar refractivity (Wildman–Crippen MR) is 48.1 cm³/mol. The van der Waals surface area contributed by atoms with Gasteiger partial charge in [0.15, 0.2) is 0 Å². The van der Waals surface area contributed by atoms with Crippen LogP contribution in [0.4, 0.5) is 0 Å². The maximum atomic E-state index is 11.3. The topological polar surface area (TPSA) is 29.1 Å². The molecule has 0 amide bonds. The van der Waals surface area contributed by atoms with Crippen molar-refractivity contribution in [3.63, 3.8) is 0 Å². The lowest BCUT2D eigenvalue weighted by molar-refractivity contribution is -0.126. The average molecular weight is 178 g/mol. The quantitative estimate of drug-likeness (QED) is 0.606. The van der Waals surface area contributed by atoms with E-state index in [4.69, 9.17) is 0 Å². The summed E-state index contributed by atoms with van der Waals surface area (Å²) in [4.78, 5) is 11.3. The van der Waals surface area contributed by atoms with Crippen molar-refractivity contribution in [2.45, 2.75) is 26.7 Å². The number of halogens is 1. The molecule has 0 aromatic rings. The first kappa shape index (κ1) is 10.9. The van der Waals surface area contributed by atoms with Crippen molar-refractivity contribution in [2.24, 2.45) is 5.41 Å². The third kappa shape index (κ3) is 2.80. The van der Waals surface area contributed by atoms with E-state index in [1.807, 2.05) is 13.8 Å². The SMILES string of the molecule is CC1(C)CCNCCC1=O.Cl. The van der Waals surface area contributed by atoms with Crippen molar-refractivity contribution in [3.05, 3.63) is 0 Å². The Balaban J connectivity index is 0.000001000. The predicted octanol–water partition coefficient (Wildman–Crippen LogP) is 1.39. The minimum absolute atomic E-state index is 0. The number of Topliss-reactive ketones (excluding diaryl/α,β-unsaturated/α-hetero) is 1. The zero-order valence-corrected chi connectivity index (χ0v) is 7.96. The van der Waals surface area contributed by atoms with E-state index in [0.717, 1.165) is 19.5 Å². The molecule has 66 valence electrons. The van der Waals surface area contributed by atoms with Gasteiger partial charge in [-0.15, -0.1) is 12.4 Å². The van der Waals surface area contributed by atoms with Crippen LogP contribution in [0, 0.1) is 5.41 Å². The van der Waals surface area contributed by atoms with Gasteiger partial charge in [0.1, 0.15) is 5.78 Å². The molecule has 0 atom stereocenters. The van der Waals surface area contributed by atoms with Crippen LogP contribution in [0.15, 0.2) is 0 Å². The molecule has 0 aliphatic carbocycles. The summed E-state index contributed by atoms with van der Waals surface area (Å²) in [6.45, 7) is 5.91. The highest BCUT2D eigenvalue weighted by Gasteiger charge is 2.27. The first-order valence-corrected chi connectivity index (χ1v) is 3.87. The summed E-state index contributed by atoms with van der Waals surface area (Å²) in [7, 11) is 0. The molecule has 1 fully saturated rings. The fourth-order valence-electron chi connectivity index (χ4n) is 1.21. The molecule has 0 spiro atoms. The first-order valence-electron chi connectivity index (χ1n) is 3.87. The van der Waals surface area contributed by atoms with Gasteiger partial charge in [0, 0.05) is 18.4 Å². The third-order valence-corrected chi connectivity index (χ3v) is 2.21. The fraction of sp³-hybridized carbons (Fsp3) is 0.875. The number of nitrogens with one attached hydrogen (secondary N) is 1. The lowest BCUT2D eigenvalue weighted by Crippen LogP contribution is -2.23. The molecule has 0 radical (unpaired) electrons. The number of carbonyl (C=O) groups excluding carboxylic acids is 1. The van der Waals surface area contributed by atoms with Crippen LogP contribution in [0.1, 0.15) is 26.7 Å². The highest BCUT2D eigenvalue weighted by molar-refractivity contribution is 5.85. The number of hydrogen-bond acceptors (Lipinski definition) is 2. The molecule has 0 saturated carbocycles. The van der Waals surface area contributed by atoms with Gasteiger partial charge < -0.3 is 5.32 Å². The Hall–Kier alpha value is -0.0800. The van der Waals surface area contributed by atoms with Gasteiger partial charge in [-0.05, 0) is 13.0 Å². The molecule has 1 heterocycles. The minimum atomic E-state index is -0.0799. The van der Waals surface area contributed by atoms with Gasteiger partial charge in [0.05, 0.1) is 0 Å². The number of ketones is 1. The summed E-state index contributed by atoms with van der Waals surface area (Å²) in [6, 6.07) is 0. The molecular weight excluding hydrogens is 162 g/mol. The van der Waals surface area contributed by atoms with Crippen LogP contribution in [0.2, 0.25) is 0 Å². The fourth-order valence-corrected chi connectivity index (χ4v) is 1.21. The van der Waals surface area contributed by atoms with Crippen LogP contribution in [0.3, 0.4) is 0 Å². The average Bonchev–Trinajstić information content (AvgIpc) is 1.96. The number of rotatable bonds is 0. The second-order valence-electron chi connectivity index (χ2n) is 3.56. The summed E-state index contributed by atoms with van der Waals surface area (Å²) in [5.74, 6) is 0.400. The summed E-state index contributed by atoms with van der Waals surface area (Å²) in [6.07, 6.45) is 1.68. The van der Waals surface area contributed by atoms with Crippen molar-refractivity contribution < 1.29 is 4.79 Å². The number of hydrogen-bond donors (Lipinski definition) is 1. The van der Waals surface area contributed by atoms with E-state index in [2.05, 4.69) is 5.32 Å².